The number of benzene rings is 1. The fourth-order valence-corrected chi connectivity index (χ4v) is 1.47. The summed E-state index contributed by atoms with van der Waals surface area (Å²) in [6, 6.07) is 3.48. The number of hydrogen-bond donors (Lipinski definition) is 1. The van der Waals surface area contributed by atoms with Gasteiger partial charge in [0.25, 0.3) is 0 Å². The Morgan fingerprint density at radius 1 is 1.23 bits per heavy atom. The second kappa shape index (κ2) is 4.75. The van der Waals surface area contributed by atoms with Gasteiger partial charge in [0.15, 0.2) is 0 Å². The Labute approximate surface area is 92.1 Å². The molecule has 0 aromatic heterocycles. The predicted molar refractivity (Wildman–Crippen MR) is 60.6 cm³/mol. The lowest BCUT2D eigenvalue weighted by Gasteiger charge is -2.02. The highest BCUT2D eigenvalue weighted by Gasteiger charge is 2.02. The van der Waals surface area contributed by atoms with Gasteiger partial charge in [0.05, 0.1) is 15.7 Å². The minimum absolute atomic E-state index is 0.409. The van der Waals surface area contributed by atoms with Crippen LogP contribution in [0.3, 0.4) is 0 Å². The van der Waals surface area contributed by atoms with E-state index in [1.807, 2.05) is 6.08 Å². The molecule has 0 aliphatic heterocycles. The van der Waals surface area contributed by atoms with Gasteiger partial charge in [-0.15, -0.1) is 11.6 Å². The molecular weight excluding hydrogens is 228 g/mol. The topological polar surface area (TPSA) is 26.0 Å². The fraction of sp³-hybridized carbons (Fsp3) is 0.111. The number of hydrogen-bond acceptors (Lipinski definition) is 1. The van der Waals surface area contributed by atoms with Crippen LogP contribution >= 0.6 is 34.8 Å². The van der Waals surface area contributed by atoms with Gasteiger partial charge in [-0.25, -0.2) is 0 Å². The maximum absolute atomic E-state index is 5.82. The second-order valence-electron chi connectivity index (χ2n) is 2.45. The lowest BCUT2D eigenvalue weighted by molar-refractivity contribution is 1.63. The minimum atomic E-state index is 0.409. The van der Waals surface area contributed by atoms with E-state index in [-0.39, 0.29) is 0 Å². The highest BCUT2D eigenvalue weighted by atomic mass is 35.5. The second-order valence-corrected chi connectivity index (χ2v) is 3.58. The number of nitrogens with two attached hydrogens (primary N) is 1. The average Bonchev–Trinajstić information content (AvgIpc) is 2.10. The summed E-state index contributed by atoms with van der Waals surface area (Å²) < 4.78 is 0. The van der Waals surface area contributed by atoms with Crippen LogP contribution in [0.5, 0.6) is 0 Å². The molecule has 0 aliphatic rings. The lowest BCUT2D eigenvalue weighted by atomic mass is 10.2. The molecule has 0 unspecified atom stereocenters. The minimum Gasteiger partial charge on any atom is -0.396 e. The van der Waals surface area contributed by atoms with Crippen LogP contribution < -0.4 is 5.73 Å². The molecule has 1 nitrogen and oxygen atoms in total. The number of alkyl halides is 1. The van der Waals surface area contributed by atoms with Crippen molar-refractivity contribution in [1.29, 1.82) is 0 Å². The summed E-state index contributed by atoms with van der Waals surface area (Å²) in [5.74, 6) is 0.458. The van der Waals surface area contributed by atoms with Crippen molar-refractivity contribution in [3.05, 3.63) is 33.8 Å². The van der Waals surface area contributed by atoms with Crippen molar-refractivity contribution in [2.45, 2.75) is 0 Å². The maximum Gasteiger partial charge on any atom is 0.0693 e. The monoisotopic (exact) mass is 235 g/mol. The quantitative estimate of drug-likeness (QED) is 0.613. The summed E-state index contributed by atoms with van der Waals surface area (Å²) in [6.45, 7) is 0. The van der Waals surface area contributed by atoms with E-state index in [0.29, 0.717) is 21.6 Å². The standard InChI is InChI=1S/C9H8Cl3N/c10-3-1-2-6-4-7(11)9(13)8(12)5-6/h1-2,4-5H,3,13H2. The van der Waals surface area contributed by atoms with E-state index in [1.54, 1.807) is 18.2 Å². The Bertz CT molecular complexity index is 311. The van der Waals surface area contributed by atoms with Gasteiger partial charge in [0.1, 0.15) is 0 Å². The first-order valence-corrected chi connectivity index (χ1v) is 4.91. The third-order valence-electron chi connectivity index (χ3n) is 1.50. The number of allylic oxidation sites excluding steroid dienone is 1. The van der Waals surface area contributed by atoms with Crippen molar-refractivity contribution >= 4 is 46.6 Å². The van der Waals surface area contributed by atoms with Crippen LogP contribution in [0.1, 0.15) is 5.56 Å². The zero-order valence-corrected chi connectivity index (χ0v) is 9.00. The molecule has 1 aromatic rings. The van der Waals surface area contributed by atoms with Gasteiger partial charge in [-0.2, -0.15) is 0 Å². The first-order valence-electron chi connectivity index (χ1n) is 3.62. The van der Waals surface area contributed by atoms with Gasteiger partial charge >= 0.3 is 0 Å². The van der Waals surface area contributed by atoms with E-state index >= 15 is 0 Å². The molecule has 0 amide bonds. The number of anilines is 1. The summed E-state index contributed by atoms with van der Waals surface area (Å²) >= 11 is 17.1. The maximum atomic E-state index is 5.82. The summed E-state index contributed by atoms with van der Waals surface area (Å²) in [5.41, 5.74) is 6.87. The molecule has 0 aliphatic carbocycles. The van der Waals surface area contributed by atoms with Crippen molar-refractivity contribution in [1.82, 2.24) is 0 Å². The fourth-order valence-electron chi connectivity index (χ4n) is 0.881. The Morgan fingerprint density at radius 2 is 1.77 bits per heavy atom. The third-order valence-corrected chi connectivity index (χ3v) is 2.30. The third kappa shape index (κ3) is 2.80. The Kier molecular flexibility index (Phi) is 3.91. The summed E-state index contributed by atoms with van der Waals surface area (Å²) in [7, 11) is 0. The van der Waals surface area contributed by atoms with Gasteiger partial charge < -0.3 is 5.73 Å². The van der Waals surface area contributed by atoms with E-state index < -0.39 is 0 Å². The van der Waals surface area contributed by atoms with Gasteiger partial charge in [0, 0.05) is 5.88 Å². The van der Waals surface area contributed by atoms with Crippen molar-refractivity contribution in [3.63, 3.8) is 0 Å². The Balaban J connectivity index is 3.06. The molecule has 70 valence electrons. The molecule has 0 fully saturated rings. The molecule has 0 heterocycles. The predicted octanol–water partition coefficient (Wildman–Crippen LogP) is 3.83. The number of nitrogen functional groups attached to an aromatic ring is 1. The van der Waals surface area contributed by atoms with Crippen LogP contribution in [0.4, 0.5) is 5.69 Å². The Hall–Kier alpha value is -0.370. The summed E-state index contributed by atoms with van der Waals surface area (Å²) in [5, 5.41) is 0.920. The molecule has 0 saturated carbocycles. The van der Waals surface area contributed by atoms with E-state index in [0.717, 1.165) is 5.56 Å². The van der Waals surface area contributed by atoms with Crippen LogP contribution in [0.25, 0.3) is 6.08 Å². The van der Waals surface area contributed by atoms with Crippen molar-refractivity contribution in [2.75, 3.05) is 11.6 Å². The molecule has 0 bridgehead atoms. The zero-order valence-electron chi connectivity index (χ0n) is 6.73. The van der Waals surface area contributed by atoms with Crippen molar-refractivity contribution in [3.8, 4) is 0 Å². The van der Waals surface area contributed by atoms with Gasteiger partial charge in [-0.3, -0.25) is 0 Å². The Morgan fingerprint density at radius 3 is 2.23 bits per heavy atom. The van der Waals surface area contributed by atoms with Crippen LogP contribution in [0.2, 0.25) is 10.0 Å². The molecule has 0 atom stereocenters. The number of rotatable bonds is 2. The lowest BCUT2D eigenvalue weighted by Crippen LogP contribution is -1.88. The van der Waals surface area contributed by atoms with Crippen LogP contribution in [0, 0.1) is 0 Å². The molecule has 13 heavy (non-hydrogen) atoms. The van der Waals surface area contributed by atoms with E-state index in [9.17, 15) is 0 Å². The van der Waals surface area contributed by atoms with E-state index in [1.165, 1.54) is 0 Å². The van der Waals surface area contributed by atoms with Crippen molar-refractivity contribution < 1.29 is 0 Å². The first-order chi connectivity index (χ1) is 6.15. The van der Waals surface area contributed by atoms with E-state index in [4.69, 9.17) is 40.5 Å². The van der Waals surface area contributed by atoms with Crippen LogP contribution in [0.15, 0.2) is 18.2 Å². The molecule has 1 rings (SSSR count). The molecule has 4 heteroatoms. The van der Waals surface area contributed by atoms with Gasteiger partial charge in [-0.1, -0.05) is 35.4 Å². The summed E-state index contributed by atoms with van der Waals surface area (Å²) in [6.07, 6.45) is 3.64. The summed E-state index contributed by atoms with van der Waals surface area (Å²) in [4.78, 5) is 0. The van der Waals surface area contributed by atoms with Crippen LogP contribution in [-0.2, 0) is 0 Å². The smallest absolute Gasteiger partial charge is 0.0693 e. The van der Waals surface area contributed by atoms with Gasteiger partial charge in [-0.05, 0) is 17.7 Å². The number of halogens is 3. The SMILES string of the molecule is Nc1c(Cl)cc(C=CCCl)cc1Cl. The average molecular weight is 237 g/mol. The highest BCUT2D eigenvalue weighted by molar-refractivity contribution is 6.39. The molecule has 2 N–H and O–H groups in total. The molecule has 0 spiro atoms. The van der Waals surface area contributed by atoms with E-state index in [2.05, 4.69) is 0 Å². The molecule has 0 radical (unpaired) electrons. The zero-order chi connectivity index (χ0) is 9.84. The van der Waals surface area contributed by atoms with Crippen molar-refractivity contribution in [2.24, 2.45) is 0 Å². The highest BCUT2D eigenvalue weighted by Crippen LogP contribution is 2.29. The van der Waals surface area contributed by atoms with Crippen LogP contribution in [-0.4, -0.2) is 5.88 Å². The molecule has 1 aromatic carbocycles. The first kappa shape index (κ1) is 10.7. The molecular formula is C9H8Cl3N. The largest absolute Gasteiger partial charge is 0.396 e. The normalized spacial score (nSPS) is 11.0. The molecule has 0 saturated heterocycles. The van der Waals surface area contributed by atoms with Gasteiger partial charge in [0.2, 0.25) is 0 Å².